The van der Waals surface area contributed by atoms with Crippen LogP contribution in [0.3, 0.4) is 0 Å². The van der Waals surface area contributed by atoms with Crippen LogP contribution in [-0.2, 0) is 7.05 Å². The van der Waals surface area contributed by atoms with E-state index in [1.165, 1.54) is 43.0 Å². The number of hydrogen-bond acceptors (Lipinski definition) is 4. The van der Waals surface area contributed by atoms with Gasteiger partial charge in [0.05, 0.1) is 17.2 Å². The SMILES string of the molecule is Cn1cnc2cc(C(=O)NC3CCCN(C4CCCCC4)C3)ccc2c1=O. The molecule has 1 aromatic carbocycles. The van der Waals surface area contributed by atoms with Gasteiger partial charge in [0.25, 0.3) is 11.5 Å². The summed E-state index contributed by atoms with van der Waals surface area (Å²) >= 11 is 0. The molecule has 2 heterocycles. The minimum Gasteiger partial charge on any atom is -0.348 e. The predicted molar refractivity (Wildman–Crippen MR) is 106 cm³/mol. The second kappa shape index (κ2) is 7.80. The first-order chi connectivity index (χ1) is 13.1. The average Bonchev–Trinajstić information content (AvgIpc) is 2.71. The number of hydrogen-bond donors (Lipinski definition) is 1. The molecule has 6 nitrogen and oxygen atoms in total. The van der Waals surface area contributed by atoms with Crippen LogP contribution in [0, 0.1) is 0 Å². The molecule has 1 N–H and O–H groups in total. The summed E-state index contributed by atoms with van der Waals surface area (Å²) in [6.07, 6.45) is 10.3. The smallest absolute Gasteiger partial charge is 0.260 e. The van der Waals surface area contributed by atoms with Gasteiger partial charge in [-0.1, -0.05) is 19.3 Å². The lowest BCUT2D eigenvalue weighted by Crippen LogP contribution is -2.51. The lowest BCUT2D eigenvalue weighted by molar-refractivity contribution is 0.0836. The average molecular weight is 368 g/mol. The van der Waals surface area contributed by atoms with Crippen molar-refractivity contribution in [1.29, 1.82) is 0 Å². The fraction of sp³-hybridized carbons (Fsp3) is 0.571. The van der Waals surface area contributed by atoms with Crippen molar-refractivity contribution in [3.63, 3.8) is 0 Å². The van der Waals surface area contributed by atoms with Crippen LogP contribution in [0.25, 0.3) is 10.9 Å². The lowest BCUT2D eigenvalue weighted by atomic mass is 9.92. The van der Waals surface area contributed by atoms with Crippen molar-refractivity contribution < 1.29 is 4.79 Å². The van der Waals surface area contributed by atoms with Crippen molar-refractivity contribution in [1.82, 2.24) is 19.8 Å². The van der Waals surface area contributed by atoms with Crippen LogP contribution in [0.15, 0.2) is 29.3 Å². The van der Waals surface area contributed by atoms with Crippen molar-refractivity contribution in [3.8, 4) is 0 Å². The summed E-state index contributed by atoms with van der Waals surface area (Å²) < 4.78 is 1.45. The lowest BCUT2D eigenvalue weighted by Gasteiger charge is -2.40. The van der Waals surface area contributed by atoms with Gasteiger partial charge in [-0.05, 0) is 50.4 Å². The van der Waals surface area contributed by atoms with Gasteiger partial charge in [-0.2, -0.15) is 0 Å². The van der Waals surface area contributed by atoms with E-state index in [-0.39, 0.29) is 17.5 Å². The molecule has 0 bridgehead atoms. The Morgan fingerprint density at radius 2 is 1.96 bits per heavy atom. The van der Waals surface area contributed by atoms with E-state index in [9.17, 15) is 9.59 Å². The van der Waals surface area contributed by atoms with E-state index >= 15 is 0 Å². The van der Waals surface area contributed by atoms with E-state index in [2.05, 4.69) is 15.2 Å². The third-order valence-electron chi connectivity index (χ3n) is 6.06. The molecule has 144 valence electrons. The van der Waals surface area contributed by atoms with Gasteiger partial charge in [-0.3, -0.25) is 14.5 Å². The van der Waals surface area contributed by atoms with E-state index in [0.717, 1.165) is 25.9 Å². The van der Waals surface area contributed by atoms with Crippen LogP contribution >= 0.6 is 0 Å². The Morgan fingerprint density at radius 1 is 1.15 bits per heavy atom. The highest BCUT2D eigenvalue weighted by molar-refractivity contribution is 5.97. The molecule has 2 fully saturated rings. The number of nitrogens with one attached hydrogen (secondary N) is 1. The Bertz CT molecular complexity index is 885. The molecule has 27 heavy (non-hydrogen) atoms. The first-order valence-electron chi connectivity index (χ1n) is 10.1. The maximum atomic E-state index is 12.8. The standard InChI is InChI=1S/C21H28N4O2/c1-24-14-22-19-12-15(9-10-18(19)21(24)27)20(26)23-16-6-5-11-25(13-16)17-7-3-2-4-8-17/h9-10,12,14,16-17H,2-8,11,13H2,1H3,(H,23,26). The molecule has 2 aromatic rings. The highest BCUT2D eigenvalue weighted by atomic mass is 16.1. The van der Waals surface area contributed by atoms with Gasteiger partial charge in [-0.25, -0.2) is 4.98 Å². The normalized spacial score (nSPS) is 22.0. The molecule has 0 radical (unpaired) electrons. The summed E-state index contributed by atoms with van der Waals surface area (Å²) in [6, 6.07) is 6.03. The van der Waals surface area contributed by atoms with E-state index in [4.69, 9.17) is 0 Å². The number of benzene rings is 1. The molecule has 1 saturated heterocycles. The monoisotopic (exact) mass is 368 g/mol. The van der Waals surface area contributed by atoms with Crippen LogP contribution in [0.5, 0.6) is 0 Å². The van der Waals surface area contributed by atoms with Gasteiger partial charge < -0.3 is 9.88 Å². The number of aryl methyl sites for hydroxylation is 1. The molecule has 6 heteroatoms. The summed E-state index contributed by atoms with van der Waals surface area (Å²) in [5.74, 6) is -0.0742. The molecular formula is C21H28N4O2. The summed E-state index contributed by atoms with van der Waals surface area (Å²) in [5, 5.41) is 3.74. The molecule has 1 unspecified atom stereocenters. The van der Waals surface area contributed by atoms with Gasteiger partial charge in [0, 0.05) is 31.2 Å². The van der Waals surface area contributed by atoms with E-state index in [1.807, 2.05) is 0 Å². The molecule has 1 atom stereocenters. The van der Waals surface area contributed by atoms with Gasteiger partial charge >= 0.3 is 0 Å². The molecule has 2 aliphatic rings. The van der Waals surface area contributed by atoms with Gasteiger partial charge in [0.2, 0.25) is 0 Å². The molecule has 1 aliphatic carbocycles. The molecule has 0 spiro atoms. The number of carbonyl (C=O) groups is 1. The number of amides is 1. The van der Waals surface area contributed by atoms with Crippen LogP contribution in [0.2, 0.25) is 0 Å². The second-order valence-electron chi connectivity index (χ2n) is 7.99. The van der Waals surface area contributed by atoms with Crippen molar-refractivity contribution in [3.05, 3.63) is 40.4 Å². The zero-order valence-corrected chi connectivity index (χ0v) is 16.0. The zero-order chi connectivity index (χ0) is 18.8. The minimum absolute atomic E-state index is 0.0742. The number of nitrogens with zero attached hydrogens (tertiary/aromatic N) is 3. The van der Waals surface area contributed by atoms with Crippen LogP contribution in [0.1, 0.15) is 55.3 Å². The van der Waals surface area contributed by atoms with Gasteiger partial charge in [-0.15, -0.1) is 0 Å². The third kappa shape index (κ3) is 3.90. The van der Waals surface area contributed by atoms with Crippen molar-refractivity contribution in [2.75, 3.05) is 13.1 Å². The number of piperidine rings is 1. The summed E-state index contributed by atoms with van der Waals surface area (Å²) in [4.78, 5) is 31.7. The molecule has 4 rings (SSSR count). The predicted octanol–water partition coefficient (Wildman–Crippen LogP) is 2.46. The Labute approximate surface area is 159 Å². The van der Waals surface area contributed by atoms with Crippen LogP contribution in [-0.4, -0.2) is 45.5 Å². The van der Waals surface area contributed by atoms with Crippen LogP contribution < -0.4 is 10.9 Å². The van der Waals surface area contributed by atoms with E-state index in [0.29, 0.717) is 22.5 Å². The Hall–Kier alpha value is -2.21. The highest BCUT2D eigenvalue weighted by Gasteiger charge is 2.27. The maximum Gasteiger partial charge on any atom is 0.260 e. The number of rotatable bonds is 3. The summed E-state index contributed by atoms with van der Waals surface area (Å²) in [6.45, 7) is 2.10. The first-order valence-corrected chi connectivity index (χ1v) is 10.1. The summed E-state index contributed by atoms with van der Waals surface area (Å²) in [7, 11) is 1.68. The van der Waals surface area contributed by atoms with Crippen molar-refractivity contribution in [2.24, 2.45) is 7.05 Å². The Balaban J connectivity index is 1.44. The number of fused-ring (bicyclic) bond motifs is 1. The fourth-order valence-electron chi connectivity index (χ4n) is 4.52. The quantitative estimate of drug-likeness (QED) is 0.904. The molecule has 1 aromatic heterocycles. The number of aromatic nitrogens is 2. The molecule has 1 aliphatic heterocycles. The number of carbonyl (C=O) groups excluding carboxylic acids is 1. The third-order valence-corrected chi connectivity index (χ3v) is 6.06. The number of likely N-dealkylation sites (tertiary alicyclic amines) is 1. The maximum absolute atomic E-state index is 12.8. The second-order valence-corrected chi connectivity index (χ2v) is 7.99. The fourth-order valence-corrected chi connectivity index (χ4v) is 4.52. The van der Waals surface area contributed by atoms with Crippen LogP contribution in [0.4, 0.5) is 0 Å². The molecular weight excluding hydrogens is 340 g/mol. The topological polar surface area (TPSA) is 67.2 Å². The van der Waals surface area contributed by atoms with E-state index in [1.54, 1.807) is 25.2 Å². The van der Waals surface area contributed by atoms with Gasteiger partial charge in [0.15, 0.2) is 0 Å². The van der Waals surface area contributed by atoms with Crippen molar-refractivity contribution in [2.45, 2.75) is 57.0 Å². The van der Waals surface area contributed by atoms with E-state index < -0.39 is 0 Å². The Morgan fingerprint density at radius 3 is 2.78 bits per heavy atom. The summed E-state index contributed by atoms with van der Waals surface area (Å²) in [5.41, 5.74) is 1.04. The largest absolute Gasteiger partial charge is 0.348 e. The van der Waals surface area contributed by atoms with Crippen molar-refractivity contribution >= 4 is 16.8 Å². The zero-order valence-electron chi connectivity index (χ0n) is 16.0. The molecule has 1 saturated carbocycles. The Kier molecular flexibility index (Phi) is 5.25. The minimum atomic E-state index is -0.0950. The molecule has 1 amide bonds. The first kappa shape index (κ1) is 18.2. The van der Waals surface area contributed by atoms with Gasteiger partial charge in [0.1, 0.15) is 0 Å². The highest BCUT2D eigenvalue weighted by Crippen LogP contribution is 2.25.